The molecule has 3 aliphatic carbocycles. The number of hydrogen-bond acceptors (Lipinski definition) is 7. The molecular formula is C41H56N4O4S. The van der Waals surface area contributed by atoms with Crippen LogP contribution in [-0.2, 0) is 14.9 Å². The Balaban J connectivity index is 1.14. The van der Waals surface area contributed by atoms with Gasteiger partial charge < -0.3 is 14.8 Å². The third-order valence-corrected chi connectivity index (χ3v) is 12.6. The van der Waals surface area contributed by atoms with Crippen LogP contribution in [0.2, 0.25) is 0 Å². The number of carbonyl (C=O) groups is 2. The van der Waals surface area contributed by atoms with Crippen LogP contribution >= 0.6 is 11.3 Å². The van der Waals surface area contributed by atoms with Gasteiger partial charge in [0.05, 0.1) is 17.0 Å². The van der Waals surface area contributed by atoms with Crippen molar-refractivity contribution in [3.63, 3.8) is 0 Å². The number of hydrogen-bond donors (Lipinski definition) is 1. The minimum Gasteiger partial charge on any atom is -0.496 e. The number of nitrogens with one attached hydrogen (secondary N) is 1. The summed E-state index contributed by atoms with van der Waals surface area (Å²) in [5.74, 6) is 2.61. The predicted octanol–water partition coefficient (Wildman–Crippen LogP) is 9.74. The monoisotopic (exact) mass is 700 g/mol. The number of aromatic nitrogens is 2. The van der Waals surface area contributed by atoms with E-state index in [1.165, 1.54) is 30.4 Å². The average molecular weight is 701 g/mol. The molecule has 1 N–H and O–H groups in total. The number of methoxy groups -OCH3 is 1. The van der Waals surface area contributed by atoms with Crippen molar-refractivity contribution in [3.05, 3.63) is 58.9 Å². The van der Waals surface area contributed by atoms with E-state index in [0.29, 0.717) is 44.1 Å². The van der Waals surface area contributed by atoms with Crippen LogP contribution in [0.15, 0.2) is 42.7 Å². The molecule has 0 saturated heterocycles. The Morgan fingerprint density at radius 2 is 1.66 bits per heavy atom. The fraction of sp³-hybridized carbons (Fsp3) is 0.610. The molecule has 0 atom stereocenters. The van der Waals surface area contributed by atoms with Gasteiger partial charge in [0.1, 0.15) is 17.7 Å². The van der Waals surface area contributed by atoms with Gasteiger partial charge in [0.15, 0.2) is 0 Å². The lowest BCUT2D eigenvalue weighted by Crippen LogP contribution is -2.43. The van der Waals surface area contributed by atoms with E-state index in [0.717, 1.165) is 65.5 Å². The van der Waals surface area contributed by atoms with Crippen LogP contribution < -0.4 is 15.0 Å². The molecule has 3 fully saturated rings. The van der Waals surface area contributed by atoms with Crippen LogP contribution in [0.4, 0.5) is 10.6 Å². The Kier molecular flexibility index (Phi) is 11.8. The van der Waals surface area contributed by atoms with E-state index in [1.807, 2.05) is 23.4 Å². The van der Waals surface area contributed by atoms with Crippen molar-refractivity contribution in [2.75, 3.05) is 18.6 Å². The Morgan fingerprint density at radius 3 is 2.32 bits per heavy atom. The van der Waals surface area contributed by atoms with Gasteiger partial charge in [-0.2, -0.15) is 0 Å². The van der Waals surface area contributed by atoms with Gasteiger partial charge in [-0.3, -0.25) is 9.69 Å². The first kappa shape index (κ1) is 36.3. The summed E-state index contributed by atoms with van der Waals surface area (Å²) in [7, 11) is 1.72. The number of anilines is 1. The molecule has 50 heavy (non-hydrogen) atoms. The number of nitrogens with zero attached hydrogens (tertiary/aromatic N) is 3. The first-order chi connectivity index (χ1) is 24.1. The highest BCUT2D eigenvalue weighted by Gasteiger charge is 2.34. The van der Waals surface area contributed by atoms with E-state index in [4.69, 9.17) is 19.4 Å². The van der Waals surface area contributed by atoms with Crippen molar-refractivity contribution in [1.82, 2.24) is 15.3 Å². The molecule has 9 heteroatoms. The van der Waals surface area contributed by atoms with Crippen molar-refractivity contribution < 1.29 is 19.1 Å². The molecule has 0 radical (unpaired) electrons. The number of pyridine rings is 1. The van der Waals surface area contributed by atoms with Gasteiger partial charge in [-0.15, -0.1) is 11.3 Å². The third-order valence-electron chi connectivity index (χ3n) is 11.1. The molecule has 3 aliphatic rings. The summed E-state index contributed by atoms with van der Waals surface area (Å²) in [4.78, 5) is 39.7. The summed E-state index contributed by atoms with van der Waals surface area (Å²) in [6.07, 6.45) is 16.2. The fourth-order valence-corrected chi connectivity index (χ4v) is 9.08. The van der Waals surface area contributed by atoms with Crippen molar-refractivity contribution >= 4 is 29.2 Å². The zero-order valence-corrected chi connectivity index (χ0v) is 31.5. The molecule has 270 valence electrons. The van der Waals surface area contributed by atoms with E-state index in [9.17, 15) is 9.59 Å². The van der Waals surface area contributed by atoms with Crippen molar-refractivity contribution in [3.8, 4) is 16.2 Å². The van der Waals surface area contributed by atoms with Gasteiger partial charge in [-0.25, -0.2) is 14.8 Å². The van der Waals surface area contributed by atoms with E-state index in [2.05, 4.69) is 57.3 Å². The Morgan fingerprint density at radius 1 is 0.920 bits per heavy atom. The minimum absolute atomic E-state index is 0.0246. The molecule has 0 unspecified atom stereocenters. The molecule has 3 saturated carbocycles. The van der Waals surface area contributed by atoms with Gasteiger partial charge in [0, 0.05) is 36.3 Å². The van der Waals surface area contributed by atoms with Crippen LogP contribution in [0.3, 0.4) is 0 Å². The molecule has 1 aromatic carbocycles. The summed E-state index contributed by atoms with van der Waals surface area (Å²) in [6.45, 7) is 9.32. The molecule has 2 heterocycles. The summed E-state index contributed by atoms with van der Waals surface area (Å²) in [6, 6.07) is 10.9. The van der Waals surface area contributed by atoms with E-state index < -0.39 is 0 Å². The second kappa shape index (κ2) is 16.3. The number of ether oxygens (including phenoxy) is 2. The molecule has 0 bridgehead atoms. The number of alkyl carbamates (subject to hydrolysis) is 1. The molecular weight excluding hydrogens is 645 g/mol. The molecule has 6 rings (SSSR count). The second-order valence-electron chi connectivity index (χ2n) is 15.9. The highest BCUT2D eigenvalue weighted by atomic mass is 32.1. The van der Waals surface area contributed by atoms with Crippen molar-refractivity contribution in [1.29, 1.82) is 0 Å². The summed E-state index contributed by atoms with van der Waals surface area (Å²) in [5, 5.41) is 4.17. The summed E-state index contributed by atoms with van der Waals surface area (Å²) >= 11 is 1.71. The van der Waals surface area contributed by atoms with Gasteiger partial charge in [-0.1, -0.05) is 52.2 Å². The van der Waals surface area contributed by atoms with Crippen LogP contribution in [0.5, 0.6) is 5.75 Å². The number of thiazole rings is 1. The smallest absolute Gasteiger partial charge is 0.407 e. The normalized spacial score (nSPS) is 23.2. The van der Waals surface area contributed by atoms with Gasteiger partial charge >= 0.3 is 6.09 Å². The van der Waals surface area contributed by atoms with Crippen LogP contribution in [0, 0.1) is 18.8 Å². The van der Waals surface area contributed by atoms with Gasteiger partial charge in [0.25, 0.3) is 0 Å². The average Bonchev–Trinajstić information content (AvgIpc) is 3.63. The SMILES string of the molecule is COc1ccc([C@H]2CC[C@H](CN(c3cc(-c4cnc(C(C)(C)C)s4)ccn3)C(=O)[C@H]3CC[C@H](OC(=O)NC4CCCCC4)CC3)CC2)cc1C. The molecule has 3 aromatic rings. The molecule has 2 amide bonds. The van der Waals surface area contributed by atoms with E-state index in [-0.39, 0.29) is 35.5 Å². The van der Waals surface area contributed by atoms with Crippen molar-refractivity contribution in [2.24, 2.45) is 11.8 Å². The quantitative estimate of drug-likeness (QED) is 0.239. The topological polar surface area (TPSA) is 93.7 Å². The minimum atomic E-state index is -0.299. The number of aryl methyl sites for hydroxylation is 1. The van der Waals surface area contributed by atoms with E-state index >= 15 is 0 Å². The second-order valence-corrected chi connectivity index (χ2v) is 17.0. The van der Waals surface area contributed by atoms with Crippen molar-refractivity contribution in [2.45, 2.75) is 135 Å². The Bertz CT molecular complexity index is 1590. The molecule has 2 aromatic heterocycles. The maximum absolute atomic E-state index is 14.5. The summed E-state index contributed by atoms with van der Waals surface area (Å²) < 4.78 is 11.3. The Labute approximate surface area is 302 Å². The number of amides is 2. The maximum atomic E-state index is 14.5. The summed E-state index contributed by atoms with van der Waals surface area (Å²) in [5.41, 5.74) is 3.58. The third kappa shape index (κ3) is 9.06. The molecule has 0 aliphatic heterocycles. The number of rotatable bonds is 9. The van der Waals surface area contributed by atoms with Crippen LogP contribution in [0.25, 0.3) is 10.4 Å². The molecule has 0 spiro atoms. The van der Waals surface area contributed by atoms with Gasteiger partial charge in [-0.05, 0) is 118 Å². The number of carbonyl (C=O) groups excluding carboxylic acids is 2. The van der Waals surface area contributed by atoms with Crippen LogP contribution in [-0.4, -0.2) is 47.8 Å². The van der Waals surface area contributed by atoms with Crippen LogP contribution in [0.1, 0.15) is 126 Å². The highest BCUT2D eigenvalue weighted by Crippen LogP contribution is 2.39. The maximum Gasteiger partial charge on any atom is 0.407 e. The standard InChI is InChI=1S/C41H56N4O4S/c1-27-23-31(17-20-35(27)48-5)29-13-11-28(12-14-29)26-45(37-24-32(21-22-42-37)36-25-43-39(50-36)41(2,3)4)38(46)30-15-18-34(19-16-30)49-40(47)44-33-9-7-6-8-10-33/h17,20-25,28-30,33-34H,6-16,18-19,26H2,1-5H3,(H,44,47)/t28-,29-,30-,34-. The Hall–Kier alpha value is -3.46. The predicted molar refractivity (Wildman–Crippen MR) is 201 cm³/mol. The lowest BCUT2D eigenvalue weighted by molar-refractivity contribution is -0.124. The molecule has 8 nitrogen and oxygen atoms in total. The fourth-order valence-electron chi connectivity index (χ4n) is 8.11. The lowest BCUT2D eigenvalue weighted by Gasteiger charge is -2.36. The van der Waals surface area contributed by atoms with E-state index in [1.54, 1.807) is 18.4 Å². The van der Waals surface area contributed by atoms with Gasteiger partial charge in [0.2, 0.25) is 5.91 Å². The first-order valence-electron chi connectivity index (χ1n) is 18.9. The zero-order chi connectivity index (χ0) is 35.3. The zero-order valence-electron chi connectivity index (χ0n) is 30.7. The number of benzene rings is 1. The first-order valence-corrected chi connectivity index (χ1v) is 19.7. The highest BCUT2D eigenvalue weighted by molar-refractivity contribution is 7.15. The lowest BCUT2D eigenvalue weighted by atomic mass is 9.78. The largest absolute Gasteiger partial charge is 0.496 e.